The molecule has 124 valence electrons. The minimum absolute atomic E-state index is 0.109. The second-order valence-electron chi connectivity index (χ2n) is 8.76. The average molecular weight is 308 g/mol. The molecular formula is C19H29FO2. The zero-order valence-corrected chi connectivity index (χ0v) is 13.8. The fraction of sp³-hybridized carbons (Fsp3) is 0.895. The van der Waals surface area contributed by atoms with Crippen molar-refractivity contribution in [3.05, 3.63) is 11.6 Å². The quantitative estimate of drug-likeness (QED) is 0.671. The van der Waals surface area contributed by atoms with E-state index in [1.807, 2.05) is 0 Å². The molecule has 3 heteroatoms. The minimum atomic E-state index is -1.06. The number of allylic oxidation sites excluding steroid dienone is 1. The lowest BCUT2D eigenvalue weighted by Gasteiger charge is -2.59. The van der Waals surface area contributed by atoms with Gasteiger partial charge in [-0.1, -0.05) is 25.5 Å². The summed E-state index contributed by atoms with van der Waals surface area (Å²) in [5, 5.41) is 21.1. The number of fused-ring (bicyclic) bond motifs is 5. The Hall–Kier alpha value is -0.410. The Labute approximate surface area is 132 Å². The number of aliphatic hydroxyl groups excluding tert-OH is 2. The van der Waals surface area contributed by atoms with Crippen LogP contribution in [-0.2, 0) is 0 Å². The average Bonchev–Trinajstić information content (AvgIpc) is 2.72. The molecule has 4 aliphatic rings. The van der Waals surface area contributed by atoms with E-state index in [2.05, 4.69) is 19.9 Å². The Balaban J connectivity index is 1.71. The Bertz CT molecular complexity index is 504. The molecule has 0 aromatic heterocycles. The molecule has 4 aliphatic carbocycles. The van der Waals surface area contributed by atoms with E-state index in [0.717, 1.165) is 38.5 Å². The standard InChI is InChI=1S/C19H29FO2/c1-18-9-8-13-12(14(18)10-15(20)17(18)22)7-6-11-4-3-5-16(21)19(11,13)2/h4,12-17,21-22H,3,5-10H2,1-2H3/t12-,13+,14+,15-,16+,17+,18+,19+/m1/s1. The van der Waals surface area contributed by atoms with Crippen LogP contribution in [0.15, 0.2) is 11.6 Å². The maximum Gasteiger partial charge on any atom is 0.127 e. The number of rotatable bonds is 0. The zero-order chi connectivity index (χ0) is 15.7. The summed E-state index contributed by atoms with van der Waals surface area (Å²) in [6.45, 7) is 4.35. The molecule has 2 N–H and O–H groups in total. The highest BCUT2D eigenvalue weighted by molar-refractivity contribution is 5.26. The molecule has 8 atom stereocenters. The first kappa shape index (κ1) is 15.1. The molecule has 0 bridgehead atoms. The van der Waals surface area contributed by atoms with Crippen molar-refractivity contribution >= 4 is 0 Å². The third kappa shape index (κ3) is 1.73. The topological polar surface area (TPSA) is 40.5 Å². The summed E-state index contributed by atoms with van der Waals surface area (Å²) >= 11 is 0. The predicted molar refractivity (Wildman–Crippen MR) is 84.0 cm³/mol. The number of hydrogen-bond acceptors (Lipinski definition) is 2. The van der Waals surface area contributed by atoms with Gasteiger partial charge in [0.15, 0.2) is 0 Å². The lowest BCUT2D eigenvalue weighted by molar-refractivity contribution is -0.108. The van der Waals surface area contributed by atoms with E-state index in [0.29, 0.717) is 18.3 Å². The molecule has 3 fully saturated rings. The highest BCUT2D eigenvalue weighted by Gasteiger charge is 2.62. The van der Waals surface area contributed by atoms with E-state index >= 15 is 0 Å². The van der Waals surface area contributed by atoms with E-state index in [1.54, 1.807) is 0 Å². The monoisotopic (exact) mass is 308 g/mol. The van der Waals surface area contributed by atoms with E-state index in [1.165, 1.54) is 5.57 Å². The first-order valence-corrected chi connectivity index (χ1v) is 9.08. The third-order valence-corrected chi connectivity index (χ3v) is 8.10. The van der Waals surface area contributed by atoms with Crippen molar-refractivity contribution in [3.63, 3.8) is 0 Å². The molecule has 0 saturated heterocycles. The molecule has 0 radical (unpaired) electrons. The summed E-state index contributed by atoms with van der Waals surface area (Å²) in [4.78, 5) is 0. The second kappa shape index (κ2) is 4.80. The van der Waals surface area contributed by atoms with Crippen molar-refractivity contribution in [1.29, 1.82) is 0 Å². The summed E-state index contributed by atoms with van der Waals surface area (Å²) in [5.74, 6) is 1.20. The maximum absolute atomic E-state index is 14.2. The van der Waals surface area contributed by atoms with Crippen LogP contribution in [0.3, 0.4) is 0 Å². The summed E-state index contributed by atoms with van der Waals surface area (Å²) in [6.07, 6.45) is 6.71. The van der Waals surface area contributed by atoms with Crippen LogP contribution in [0, 0.1) is 28.6 Å². The van der Waals surface area contributed by atoms with Crippen LogP contribution in [0.4, 0.5) is 4.39 Å². The minimum Gasteiger partial charge on any atom is -0.392 e. The molecule has 2 nitrogen and oxygen atoms in total. The van der Waals surface area contributed by atoms with E-state index < -0.39 is 12.3 Å². The van der Waals surface area contributed by atoms with E-state index in [4.69, 9.17) is 0 Å². The third-order valence-electron chi connectivity index (χ3n) is 8.10. The van der Waals surface area contributed by atoms with Gasteiger partial charge in [-0.05, 0) is 68.1 Å². The van der Waals surface area contributed by atoms with Gasteiger partial charge in [-0.2, -0.15) is 0 Å². The van der Waals surface area contributed by atoms with Gasteiger partial charge in [0.2, 0.25) is 0 Å². The van der Waals surface area contributed by atoms with Crippen LogP contribution in [0.25, 0.3) is 0 Å². The summed E-state index contributed by atoms with van der Waals surface area (Å²) < 4.78 is 14.2. The lowest BCUT2D eigenvalue weighted by Crippen LogP contribution is -2.54. The first-order chi connectivity index (χ1) is 10.4. The first-order valence-electron chi connectivity index (χ1n) is 9.08. The molecule has 0 unspecified atom stereocenters. The molecule has 0 aromatic rings. The Morgan fingerprint density at radius 2 is 1.91 bits per heavy atom. The highest BCUT2D eigenvalue weighted by Crippen LogP contribution is 2.65. The Morgan fingerprint density at radius 1 is 1.14 bits per heavy atom. The van der Waals surface area contributed by atoms with Crippen LogP contribution in [-0.4, -0.2) is 28.6 Å². The van der Waals surface area contributed by atoms with Gasteiger partial charge in [-0.15, -0.1) is 0 Å². The molecule has 3 saturated carbocycles. The van der Waals surface area contributed by atoms with Crippen molar-refractivity contribution in [1.82, 2.24) is 0 Å². The molecule has 4 rings (SSSR count). The molecule has 0 aliphatic heterocycles. The van der Waals surface area contributed by atoms with Gasteiger partial charge < -0.3 is 10.2 Å². The largest absolute Gasteiger partial charge is 0.392 e. The zero-order valence-electron chi connectivity index (χ0n) is 13.8. The second-order valence-corrected chi connectivity index (χ2v) is 8.76. The normalized spacial score (nSPS) is 57.6. The number of hydrogen-bond donors (Lipinski definition) is 2. The number of alkyl halides is 1. The van der Waals surface area contributed by atoms with Gasteiger partial charge >= 0.3 is 0 Å². The molecule has 22 heavy (non-hydrogen) atoms. The fourth-order valence-corrected chi connectivity index (χ4v) is 6.71. The van der Waals surface area contributed by atoms with Crippen molar-refractivity contribution in [2.24, 2.45) is 28.6 Å². The van der Waals surface area contributed by atoms with Crippen LogP contribution >= 0.6 is 0 Å². The van der Waals surface area contributed by atoms with E-state index in [-0.39, 0.29) is 22.9 Å². The number of aliphatic hydroxyl groups is 2. The van der Waals surface area contributed by atoms with Crippen LogP contribution in [0.5, 0.6) is 0 Å². The van der Waals surface area contributed by atoms with Crippen LogP contribution in [0.1, 0.15) is 58.8 Å². The fourth-order valence-electron chi connectivity index (χ4n) is 6.71. The van der Waals surface area contributed by atoms with Gasteiger partial charge in [0.05, 0.1) is 12.2 Å². The Morgan fingerprint density at radius 3 is 2.68 bits per heavy atom. The number of halogens is 1. The smallest absolute Gasteiger partial charge is 0.127 e. The van der Waals surface area contributed by atoms with Gasteiger partial charge in [0.25, 0.3) is 0 Å². The molecule has 0 heterocycles. The Kier molecular flexibility index (Phi) is 3.30. The van der Waals surface area contributed by atoms with Crippen LogP contribution < -0.4 is 0 Å². The van der Waals surface area contributed by atoms with Gasteiger partial charge in [0.1, 0.15) is 6.17 Å². The highest BCUT2D eigenvalue weighted by atomic mass is 19.1. The van der Waals surface area contributed by atoms with Crippen molar-refractivity contribution in [3.8, 4) is 0 Å². The lowest BCUT2D eigenvalue weighted by atomic mass is 9.47. The SMILES string of the molecule is C[C@]12CC[C@H]3[C@@H](CCC4=CCC[C@H](O)[C@@]43C)[C@@H]1C[C@@H](F)[C@@H]2O. The molecule has 0 spiro atoms. The maximum atomic E-state index is 14.2. The van der Waals surface area contributed by atoms with Gasteiger partial charge in [-0.3, -0.25) is 0 Å². The van der Waals surface area contributed by atoms with Gasteiger partial charge in [0, 0.05) is 5.41 Å². The molecule has 0 amide bonds. The predicted octanol–water partition coefficient (Wildman–Crippen LogP) is 3.62. The van der Waals surface area contributed by atoms with Crippen molar-refractivity contribution in [2.75, 3.05) is 0 Å². The van der Waals surface area contributed by atoms with Gasteiger partial charge in [-0.25, -0.2) is 4.39 Å². The van der Waals surface area contributed by atoms with E-state index in [9.17, 15) is 14.6 Å². The van der Waals surface area contributed by atoms with Crippen molar-refractivity contribution in [2.45, 2.75) is 77.2 Å². The van der Waals surface area contributed by atoms with Crippen molar-refractivity contribution < 1.29 is 14.6 Å². The summed E-state index contributed by atoms with van der Waals surface area (Å²) in [5.41, 5.74) is 1.09. The molecule has 0 aromatic carbocycles. The molecular weight excluding hydrogens is 279 g/mol. The van der Waals surface area contributed by atoms with Crippen LogP contribution in [0.2, 0.25) is 0 Å². The summed E-state index contributed by atoms with van der Waals surface area (Å²) in [6, 6.07) is 0. The summed E-state index contributed by atoms with van der Waals surface area (Å²) in [7, 11) is 0.